The van der Waals surface area contributed by atoms with Gasteiger partial charge in [0.25, 0.3) is 0 Å². The Labute approximate surface area is 180 Å². The van der Waals surface area contributed by atoms with Crippen LogP contribution in [0.4, 0.5) is 5.95 Å². The molecule has 2 aromatic heterocycles. The van der Waals surface area contributed by atoms with Crippen LogP contribution in [0.15, 0.2) is 35.6 Å². The molecule has 2 aliphatic rings. The Morgan fingerprint density at radius 1 is 1.27 bits per heavy atom. The number of anilines is 1. The number of ether oxygens (including phenoxy) is 1. The van der Waals surface area contributed by atoms with E-state index in [1.807, 2.05) is 37.4 Å². The minimum absolute atomic E-state index is 0.104. The van der Waals surface area contributed by atoms with Gasteiger partial charge < -0.3 is 14.6 Å². The van der Waals surface area contributed by atoms with E-state index in [4.69, 9.17) is 4.74 Å². The van der Waals surface area contributed by atoms with Crippen molar-refractivity contribution in [2.45, 2.75) is 55.7 Å². The van der Waals surface area contributed by atoms with Gasteiger partial charge in [-0.1, -0.05) is 30.0 Å². The van der Waals surface area contributed by atoms with Gasteiger partial charge in [-0.25, -0.2) is 0 Å². The van der Waals surface area contributed by atoms with Crippen LogP contribution in [0.5, 0.6) is 0 Å². The van der Waals surface area contributed by atoms with E-state index in [2.05, 4.69) is 24.6 Å². The van der Waals surface area contributed by atoms with E-state index >= 15 is 0 Å². The van der Waals surface area contributed by atoms with E-state index in [0.717, 1.165) is 66.7 Å². The standard InChI is InChI=1S/C22H27N5O2S/c1-15(20(28)18-13-23-19-9-3-2-8-17(18)19)30-22-25-24-21(26-10-4-5-11-26)27(22)14-16-7-6-12-29-16/h2-3,8-9,13,15-16,23H,4-7,10-12,14H2,1H3. The summed E-state index contributed by atoms with van der Waals surface area (Å²) in [5.41, 5.74) is 1.71. The van der Waals surface area contributed by atoms with Crippen LogP contribution in [0, 0.1) is 0 Å². The molecular formula is C22H27N5O2S. The van der Waals surface area contributed by atoms with Crippen LogP contribution >= 0.6 is 11.8 Å². The van der Waals surface area contributed by atoms with Gasteiger partial charge in [0.2, 0.25) is 5.95 Å². The number of rotatable bonds is 7. The number of para-hydroxylation sites is 1. The Morgan fingerprint density at radius 2 is 2.10 bits per heavy atom. The van der Waals surface area contributed by atoms with Gasteiger partial charge in [-0.3, -0.25) is 9.36 Å². The summed E-state index contributed by atoms with van der Waals surface area (Å²) in [6, 6.07) is 7.91. The number of carbonyl (C=O) groups excluding carboxylic acids is 1. The zero-order valence-corrected chi connectivity index (χ0v) is 18.0. The molecule has 1 aromatic carbocycles. The molecule has 7 nitrogen and oxygen atoms in total. The maximum atomic E-state index is 13.2. The van der Waals surface area contributed by atoms with Crippen molar-refractivity contribution >= 4 is 34.4 Å². The average molecular weight is 426 g/mol. The van der Waals surface area contributed by atoms with Crippen LogP contribution < -0.4 is 4.90 Å². The maximum absolute atomic E-state index is 13.2. The van der Waals surface area contributed by atoms with Crippen LogP contribution in [-0.2, 0) is 11.3 Å². The van der Waals surface area contributed by atoms with Crippen LogP contribution in [0.25, 0.3) is 10.9 Å². The minimum atomic E-state index is -0.261. The molecule has 1 N–H and O–H groups in total. The van der Waals surface area contributed by atoms with Gasteiger partial charge in [0.1, 0.15) is 0 Å². The third-order valence-electron chi connectivity index (χ3n) is 6.00. The largest absolute Gasteiger partial charge is 0.376 e. The molecule has 158 valence electrons. The van der Waals surface area contributed by atoms with E-state index in [1.165, 1.54) is 24.6 Å². The number of aromatic amines is 1. The van der Waals surface area contributed by atoms with Gasteiger partial charge in [-0.2, -0.15) is 0 Å². The number of nitrogens with zero attached hydrogens (tertiary/aromatic N) is 4. The second-order valence-electron chi connectivity index (χ2n) is 8.09. The van der Waals surface area contributed by atoms with Gasteiger partial charge in [0.15, 0.2) is 10.9 Å². The number of hydrogen-bond donors (Lipinski definition) is 1. The number of Topliss-reactive ketones (excluding diaryl/α,β-unsaturated/α-hetero) is 1. The lowest BCUT2D eigenvalue weighted by atomic mass is 10.1. The Balaban J connectivity index is 1.39. The average Bonchev–Trinajstić information content (AvgIpc) is 3.55. The zero-order valence-electron chi connectivity index (χ0n) is 17.2. The van der Waals surface area contributed by atoms with Gasteiger partial charge in [-0.05, 0) is 38.7 Å². The lowest BCUT2D eigenvalue weighted by Gasteiger charge is -2.21. The normalized spacial score (nSPS) is 20.3. The molecule has 5 rings (SSSR count). The van der Waals surface area contributed by atoms with E-state index in [9.17, 15) is 4.79 Å². The van der Waals surface area contributed by atoms with Crippen molar-refractivity contribution in [3.8, 4) is 0 Å². The highest BCUT2D eigenvalue weighted by Gasteiger charge is 2.28. The van der Waals surface area contributed by atoms with E-state index in [1.54, 1.807) is 0 Å². The van der Waals surface area contributed by atoms with E-state index < -0.39 is 0 Å². The molecular weight excluding hydrogens is 398 g/mol. The molecule has 30 heavy (non-hydrogen) atoms. The van der Waals surface area contributed by atoms with Crippen molar-refractivity contribution in [2.24, 2.45) is 0 Å². The summed E-state index contributed by atoms with van der Waals surface area (Å²) in [7, 11) is 0. The lowest BCUT2D eigenvalue weighted by Crippen LogP contribution is -2.25. The van der Waals surface area contributed by atoms with Gasteiger partial charge in [0, 0.05) is 42.4 Å². The molecule has 2 aliphatic heterocycles. The number of thioether (sulfide) groups is 1. The third-order valence-corrected chi connectivity index (χ3v) is 7.08. The highest BCUT2D eigenvalue weighted by atomic mass is 32.2. The fourth-order valence-electron chi connectivity index (χ4n) is 4.38. The number of hydrogen-bond acceptors (Lipinski definition) is 6. The summed E-state index contributed by atoms with van der Waals surface area (Å²) in [5.74, 6) is 1.02. The van der Waals surface area contributed by atoms with Crippen LogP contribution in [-0.4, -0.2) is 56.6 Å². The van der Waals surface area contributed by atoms with Crippen molar-refractivity contribution in [1.29, 1.82) is 0 Å². The Kier molecular flexibility index (Phi) is 5.52. The first-order valence-electron chi connectivity index (χ1n) is 10.8. The number of ketones is 1. The fraction of sp³-hybridized carbons (Fsp3) is 0.500. The SMILES string of the molecule is CC(Sc1nnc(N2CCCC2)n1CC1CCCO1)C(=O)c1c[nH]c2ccccc12. The molecule has 2 atom stereocenters. The third kappa shape index (κ3) is 3.74. The number of nitrogens with one attached hydrogen (secondary N) is 1. The summed E-state index contributed by atoms with van der Waals surface area (Å²) >= 11 is 1.49. The highest BCUT2D eigenvalue weighted by molar-refractivity contribution is 8.00. The second-order valence-corrected chi connectivity index (χ2v) is 9.40. The number of benzene rings is 1. The molecule has 0 aliphatic carbocycles. The fourth-order valence-corrected chi connectivity index (χ4v) is 5.30. The Bertz CT molecular complexity index is 1030. The molecule has 2 unspecified atom stereocenters. The zero-order chi connectivity index (χ0) is 20.5. The molecule has 2 fully saturated rings. The summed E-state index contributed by atoms with van der Waals surface area (Å²) in [6.45, 7) is 5.55. The molecule has 0 bridgehead atoms. The Hall–Kier alpha value is -2.32. The molecule has 0 saturated carbocycles. The topological polar surface area (TPSA) is 76.0 Å². The lowest BCUT2D eigenvalue weighted by molar-refractivity contribution is 0.0952. The predicted octanol–water partition coefficient (Wildman–Crippen LogP) is 3.90. The first-order valence-corrected chi connectivity index (χ1v) is 11.7. The molecule has 0 radical (unpaired) electrons. The van der Waals surface area contributed by atoms with E-state index in [-0.39, 0.29) is 17.1 Å². The molecule has 0 spiro atoms. The monoisotopic (exact) mass is 425 g/mol. The van der Waals surface area contributed by atoms with Crippen LogP contribution in [0.3, 0.4) is 0 Å². The molecule has 0 amide bonds. The minimum Gasteiger partial charge on any atom is -0.376 e. The van der Waals surface area contributed by atoms with Crippen molar-refractivity contribution in [3.05, 3.63) is 36.0 Å². The summed E-state index contributed by atoms with van der Waals surface area (Å²) in [6.07, 6.45) is 6.54. The molecule has 2 saturated heterocycles. The maximum Gasteiger partial charge on any atom is 0.228 e. The van der Waals surface area contributed by atoms with Gasteiger partial charge >= 0.3 is 0 Å². The van der Waals surface area contributed by atoms with Crippen LogP contribution in [0.1, 0.15) is 43.0 Å². The van der Waals surface area contributed by atoms with Crippen molar-refractivity contribution in [3.63, 3.8) is 0 Å². The summed E-state index contributed by atoms with van der Waals surface area (Å²) in [4.78, 5) is 18.7. The first-order chi connectivity index (χ1) is 14.7. The van der Waals surface area contributed by atoms with Crippen LogP contribution in [0.2, 0.25) is 0 Å². The Morgan fingerprint density at radius 3 is 2.90 bits per heavy atom. The molecule has 3 aromatic rings. The van der Waals surface area contributed by atoms with Gasteiger partial charge in [-0.15, -0.1) is 10.2 Å². The van der Waals surface area contributed by atoms with Crippen molar-refractivity contribution < 1.29 is 9.53 Å². The predicted molar refractivity (Wildman–Crippen MR) is 118 cm³/mol. The summed E-state index contributed by atoms with van der Waals surface area (Å²) < 4.78 is 8.05. The number of carbonyl (C=O) groups is 1. The number of fused-ring (bicyclic) bond motifs is 1. The quantitative estimate of drug-likeness (QED) is 0.457. The van der Waals surface area contributed by atoms with Crippen molar-refractivity contribution in [1.82, 2.24) is 19.7 Å². The second kappa shape index (κ2) is 8.43. The van der Waals surface area contributed by atoms with Gasteiger partial charge in [0.05, 0.1) is 17.9 Å². The van der Waals surface area contributed by atoms with Crippen molar-refractivity contribution in [2.75, 3.05) is 24.6 Å². The van der Waals surface area contributed by atoms with E-state index in [0.29, 0.717) is 0 Å². The smallest absolute Gasteiger partial charge is 0.228 e. The molecule has 8 heteroatoms. The highest BCUT2D eigenvalue weighted by Crippen LogP contribution is 2.31. The number of aromatic nitrogens is 4. The first kappa shape index (κ1) is 19.6. The summed E-state index contributed by atoms with van der Waals surface area (Å²) in [5, 5.41) is 10.5. The molecule has 4 heterocycles. The number of H-pyrrole nitrogens is 1.